The highest BCUT2D eigenvalue weighted by Gasteiger charge is 2.45. The number of fused-ring (bicyclic) bond motifs is 1. The van der Waals surface area contributed by atoms with Crippen molar-refractivity contribution >= 4 is 16.9 Å². The second kappa shape index (κ2) is 7.31. The molecule has 0 aliphatic carbocycles. The number of amidine groups is 1. The van der Waals surface area contributed by atoms with Gasteiger partial charge in [0.05, 0.1) is 17.8 Å². The third-order valence-electron chi connectivity index (χ3n) is 4.92. The second-order valence-corrected chi connectivity index (χ2v) is 8.06. The fourth-order valence-corrected chi connectivity index (χ4v) is 5.06. The molecule has 5 heteroatoms. The number of aromatic nitrogens is 1. The Balaban J connectivity index is 1.70. The molecule has 1 aromatic carbocycles. The minimum atomic E-state index is 0.0462. The lowest BCUT2D eigenvalue weighted by Gasteiger charge is -2.32. The van der Waals surface area contributed by atoms with E-state index in [0.29, 0.717) is 6.04 Å². The monoisotopic (exact) mass is 367 g/mol. The summed E-state index contributed by atoms with van der Waals surface area (Å²) in [6.45, 7) is 6.36. The average molecular weight is 368 g/mol. The van der Waals surface area contributed by atoms with Gasteiger partial charge in [0.15, 0.2) is 5.17 Å². The maximum atomic E-state index is 5.81. The van der Waals surface area contributed by atoms with Crippen molar-refractivity contribution in [1.82, 2.24) is 9.88 Å². The number of thioether (sulfide) groups is 1. The highest BCUT2D eigenvalue weighted by molar-refractivity contribution is 8.14. The molecule has 3 atom stereocenters. The molecule has 1 aromatic heterocycles. The minimum Gasteiger partial charge on any atom is -0.491 e. The van der Waals surface area contributed by atoms with E-state index in [-0.39, 0.29) is 18.2 Å². The van der Waals surface area contributed by atoms with Gasteiger partial charge in [0.1, 0.15) is 11.8 Å². The van der Waals surface area contributed by atoms with E-state index in [9.17, 15) is 0 Å². The molecule has 0 unspecified atom stereocenters. The van der Waals surface area contributed by atoms with Gasteiger partial charge in [0.25, 0.3) is 0 Å². The fraction of sp³-hybridized carbons (Fsp3) is 0.429. The summed E-state index contributed by atoms with van der Waals surface area (Å²) < 4.78 is 5.81. The summed E-state index contributed by atoms with van der Waals surface area (Å²) in [5, 5.41) is 1.17. The summed E-state index contributed by atoms with van der Waals surface area (Å²) in [6, 6.07) is 15.4. The number of nitrogens with zero attached hydrogens (tertiary/aromatic N) is 3. The van der Waals surface area contributed by atoms with E-state index >= 15 is 0 Å². The Labute approximate surface area is 159 Å². The first-order valence-electron chi connectivity index (χ1n) is 9.34. The number of pyridine rings is 1. The number of benzene rings is 1. The van der Waals surface area contributed by atoms with E-state index in [0.717, 1.165) is 23.6 Å². The van der Waals surface area contributed by atoms with Gasteiger partial charge in [-0.15, -0.1) is 0 Å². The first-order valence-corrected chi connectivity index (χ1v) is 10.3. The molecule has 2 aliphatic heterocycles. The summed E-state index contributed by atoms with van der Waals surface area (Å²) in [6.07, 6.45) is 3.18. The molecule has 26 heavy (non-hydrogen) atoms. The lowest BCUT2D eigenvalue weighted by atomic mass is 9.95. The van der Waals surface area contributed by atoms with Crippen LogP contribution in [0.5, 0.6) is 5.75 Å². The Kier molecular flexibility index (Phi) is 4.90. The van der Waals surface area contributed by atoms with Crippen molar-refractivity contribution in [3.8, 4) is 5.75 Å². The Morgan fingerprint density at radius 3 is 2.65 bits per heavy atom. The third kappa shape index (κ3) is 3.20. The minimum absolute atomic E-state index is 0.0462. The van der Waals surface area contributed by atoms with Crippen molar-refractivity contribution in [3.63, 3.8) is 0 Å². The quantitative estimate of drug-likeness (QED) is 0.757. The van der Waals surface area contributed by atoms with Gasteiger partial charge in [-0.2, -0.15) is 0 Å². The number of ether oxygens (including phenoxy) is 1. The molecule has 4 nitrogen and oxygen atoms in total. The van der Waals surface area contributed by atoms with E-state index in [1.54, 1.807) is 0 Å². The molecule has 0 amide bonds. The van der Waals surface area contributed by atoms with Crippen LogP contribution in [0.4, 0.5) is 0 Å². The molecular formula is C21H25N3OS. The molecule has 2 aromatic rings. The van der Waals surface area contributed by atoms with E-state index in [2.05, 4.69) is 61.0 Å². The Bertz CT molecular complexity index is 776. The Hall–Kier alpha value is -2.01. The molecule has 0 saturated carbocycles. The Morgan fingerprint density at radius 1 is 1.19 bits per heavy atom. The van der Waals surface area contributed by atoms with Gasteiger partial charge >= 0.3 is 0 Å². The van der Waals surface area contributed by atoms with E-state index in [1.165, 1.54) is 10.7 Å². The summed E-state index contributed by atoms with van der Waals surface area (Å²) in [7, 11) is 0. The highest BCUT2D eigenvalue weighted by Crippen LogP contribution is 2.48. The lowest BCUT2D eigenvalue weighted by Crippen LogP contribution is -2.35. The molecule has 136 valence electrons. The second-order valence-electron chi connectivity index (χ2n) is 7.07. The van der Waals surface area contributed by atoms with Crippen LogP contribution in [0.1, 0.15) is 50.5 Å². The number of hydrogen-bond acceptors (Lipinski definition) is 5. The van der Waals surface area contributed by atoms with Gasteiger partial charge in [0, 0.05) is 18.0 Å². The van der Waals surface area contributed by atoms with Crippen molar-refractivity contribution in [2.75, 3.05) is 5.75 Å². The number of aliphatic imine (C=N–C) groups is 1. The van der Waals surface area contributed by atoms with Crippen molar-refractivity contribution < 1.29 is 4.74 Å². The summed E-state index contributed by atoms with van der Waals surface area (Å²) >= 11 is 1.88. The smallest absolute Gasteiger partial charge is 0.160 e. The van der Waals surface area contributed by atoms with Gasteiger partial charge in [-0.3, -0.25) is 9.98 Å². The van der Waals surface area contributed by atoms with Gasteiger partial charge in [-0.05, 0) is 50.1 Å². The normalized spacial score (nSPS) is 24.7. The molecule has 0 spiro atoms. The molecule has 2 aliphatic rings. The van der Waals surface area contributed by atoms with Crippen LogP contribution in [0.2, 0.25) is 0 Å². The van der Waals surface area contributed by atoms with Crippen molar-refractivity contribution in [2.45, 2.75) is 51.4 Å². The average Bonchev–Trinajstić information content (AvgIpc) is 3.21. The van der Waals surface area contributed by atoms with Gasteiger partial charge in [-0.25, -0.2) is 0 Å². The van der Waals surface area contributed by atoms with Crippen molar-refractivity contribution in [3.05, 3.63) is 59.9 Å². The van der Waals surface area contributed by atoms with E-state index < -0.39 is 0 Å². The first kappa shape index (κ1) is 17.4. The van der Waals surface area contributed by atoms with E-state index in [1.807, 2.05) is 30.1 Å². The van der Waals surface area contributed by atoms with Crippen LogP contribution in [0.15, 0.2) is 53.7 Å². The zero-order chi connectivity index (χ0) is 18.1. The molecule has 4 rings (SSSR count). The topological polar surface area (TPSA) is 37.7 Å². The zero-order valence-electron chi connectivity index (χ0n) is 15.5. The van der Waals surface area contributed by atoms with Crippen LogP contribution < -0.4 is 4.74 Å². The van der Waals surface area contributed by atoms with Crippen LogP contribution in [0.3, 0.4) is 0 Å². The maximum Gasteiger partial charge on any atom is 0.160 e. The Morgan fingerprint density at radius 2 is 2.00 bits per heavy atom. The number of hydrogen-bond donors (Lipinski definition) is 0. The fourth-order valence-electron chi connectivity index (χ4n) is 3.73. The summed E-state index contributed by atoms with van der Waals surface area (Å²) in [4.78, 5) is 12.2. The largest absolute Gasteiger partial charge is 0.491 e. The zero-order valence-corrected chi connectivity index (χ0v) is 16.3. The predicted octanol–water partition coefficient (Wildman–Crippen LogP) is 4.85. The molecular weight excluding hydrogens is 342 g/mol. The van der Waals surface area contributed by atoms with Gasteiger partial charge < -0.3 is 9.64 Å². The molecule has 0 bridgehead atoms. The van der Waals surface area contributed by atoms with Crippen LogP contribution in [0.25, 0.3) is 0 Å². The van der Waals surface area contributed by atoms with Gasteiger partial charge in [-0.1, -0.05) is 36.9 Å². The first-order chi connectivity index (χ1) is 12.7. The highest BCUT2D eigenvalue weighted by atomic mass is 32.2. The molecule has 3 heterocycles. The standard InChI is InChI=1S/C21H25N3OS/c1-4-16-13-26-21-23-19(18-7-5-6-12-22-18)20(24(16)21)15-8-10-17(11-9-15)25-14(2)3/h5-12,14,16,19-20H,4,13H2,1-3H3/t16-,19-,20+/m0/s1. The molecule has 1 fully saturated rings. The molecule has 0 N–H and O–H groups in total. The van der Waals surface area contributed by atoms with Crippen molar-refractivity contribution in [2.24, 2.45) is 4.99 Å². The number of rotatable bonds is 5. The molecule has 0 radical (unpaired) electrons. The van der Waals surface area contributed by atoms with E-state index in [4.69, 9.17) is 9.73 Å². The summed E-state index contributed by atoms with van der Waals surface area (Å²) in [5.41, 5.74) is 2.31. The van der Waals surface area contributed by atoms with Crippen LogP contribution >= 0.6 is 11.8 Å². The third-order valence-corrected chi connectivity index (χ3v) is 6.05. The molecule has 1 saturated heterocycles. The van der Waals surface area contributed by atoms with Gasteiger partial charge in [0.2, 0.25) is 0 Å². The SMILES string of the molecule is CC[C@H]1CSC2=N[C@@H](c3ccccn3)[C@@H](c3ccc(OC(C)C)cc3)N21. The van der Waals surface area contributed by atoms with Crippen LogP contribution in [-0.2, 0) is 0 Å². The predicted molar refractivity (Wildman–Crippen MR) is 108 cm³/mol. The van der Waals surface area contributed by atoms with Crippen LogP contribution in [-0.4, -0.2) is 33.0 Å². The van der Waals surface area contributed by atoms with Crippen molar-refractivity contribution in [1.29, 1.82) is 0 Å². The lowest BCUT2D eigenvalue weighted by molar-refractivity contribution is 0.241. The summed E-state index contributed by atoms with van der Waals surface area (Å²) in [5.74, 6) is 2.04. The van der Waals surface area contributed by atoms with Crippen LogP contribution in [0, 0.1) is 0 Å². The maximum absolute atomic E-state index is 5.81.